The average Bonchev–Trinajstić information content (AvgIpc) is 3.31. The van der Waals surface area contributed by atoms with E-state index in [1.54, 1.807) is 25.4 Å². The van der Waals surface area contributed by atoms with Gasteiger partial charge in [-0.3, -0.25) is 5.10 Å². The highest BCUT2D eigenvalue weighted by Crippen LogP contribution is 2.25. The average molecular weight is 334 g/mol. The number of nitrogens with zero attached hydrogens (tertiary/aromatic N) is 5. The van der Waals surface area contributed by atoms with Gasteiger partial charge in [0.2, 0.25) is 11.7 Å². The standard InChI is InChI=1S/C17H14N6O2/c1-10-19-15(22-21-10)11-3-5-12(6-4-11)17-20-16(23-25-17)13-7-8-18-14(9-13)24-2/h3-9H,1-2H3,(H,19,21,22). The molecular weight excluding hydrogens is 320 g/mol. The maximum Gasteiger partial charge on any atom is 0.258 e. The van der Waals surface area contributed by atoms with Crippen molar-refractivity contribution >= 4 is 0 Å². The topological polar surface area (TPSA) is 103 Å². The first-order chi connectivity index (χ1) is 12.2. The fourth-order valence-electron chi connectivity index (χ4n) is 2.35. The smallest absolute Gasteiger partial charge is 0.258 e. The van der Waals surface area contributed by atoms with Crippen molar-refractivity contribution in [1.82, 2.24) is 30.3 Å². The Balaban J connectivity index is 1.61. The van der Waals surface area contributed by atoms with E-state index in [0.717, 1.165) is 22.5 Å². The molecule has 0 amide bonds. The number of H-pyrrole nitrogens is 1. The van der Waals surface area contributed by atoms with Crippen LogP contribution in [0.4, 0.5) is 0 Å². The van der Waals surface area contributed by atoms with E-state index >= 15 is 0 Å². The van der Waals surface area contributed by atoms with E-state index in [4.69, 9.17) is 9.26 Å². The highest BCUT2D eigenvalue weighted by molar-refractivity contribution is 5.64. The number of aromatic amines is 1. The Bertz CT molecular complexity index is 1010. The summed E-state index contributed by atoms with van der Waals surface area (Å²) in [5.41, 5.74) is 2.50. The third-order valence-corrected chi connectivity index (χ3v) is 3.62. The van der Waals surface area contributed by atoms with Gasteiger partial charge in [-0.2, -0.15) is 10.1 Å². The van der Waals surface area contributed by atoms with Crippen molar-refractivity contribution in [2.45, 2.75) is 6.92 Å². The molecule has 1 N–H and O–H groups in total. The fraction of sp³-hybridized carbons (Fsp3) is 0.118. The molecule has 0 saturated carbocycles. The Morgan fingerprint density at radius 3 is 2.48 bits per heavy atom. The number of pyridine rings is 1. The van der Waals surface area contributed by atoms with Crippen LogP contribution in [0.25, 0.3) is 34.2 Å². The molecule has 1 aromatic carbocycles. The molecular formula is C17H14N6O2. The summed E-state index contributed by atoms with van der Waals surface area (Å²) in [5, 5.41) is 11.0. The molecule has 0 bridgehead atoms. The number of nitrogens with one attached hydrogen (secondary N) is 1. The van der Waals surface area contributed by atoms with Crippen LogP contribution in [0.5, 0.6) is 5.88 Å². The number of aryl methyl sites for hydroxylation is 1. The molecule has 124 valence electrons. The monoisotopic (exact) mass is 334 g/mol. The molecule has 0 aliphatic heterocycles. The van der Waals surface area contributed by atoms with Crippen LogP contribution >= 0.6 is 0 Å². The Morgan fingerprint density at radius 1 is 0.960 bits per heavy atom. The molecule has 0 spiro atoms. The Kier molecular flexibility index (Phi) is 3.70. The van der Waals surface area contributed by atoms with Crippen molar-refractivity contribution in [2.24, 2.45) is 0 Å². The van der Waals surface area contributed by atoms with Gasteiger partial charge in [0.15, 0.2) is 5.82 Å². The second-order valence-electron chi connectivity index (χ2n) is 5.33. The van der Waals surface area contributed by atoms with E-state index in [2.05, 4.69) is 30.3 Å². The van der Waals surface area contributed by atoms with E-state index < -0.39 is 0 Å². The van der Waals surface area contributed by atoms with Crippen LogP contribution in [0.1, 0.15) is 5.82 Å². The number of hydrogen-bond acceptors (Lipinski definition) is 7. The normalized spacial score (nSPS) is 10.8. The Hall–Kier alpha value is -3.55. The lowest BCUT2D eigenvalue weighted by Gasteiger charge is -1.99. The van der Waals surface area contributed by atoms with Gasteiger partial charge < -0.3 is 9.26 Å². The van der Waals surface area contributed by atoms with Crippen molar-refractivity contribution in [3.05, 3.63) is 48.4 Å². The summed E-state index contributed by atoms with van der Waals surface area (Å²) in [6.45, 7) is 1.86. The SMILES string of the molecule is COc1cc(-c2noc(-c3ccc(-c4n[nH]c(C)n4)cc3)n2)ccn1. The van der Waals surface area contributed by atoms with Gasteiger partial charge in [0, 0.05) is 29.0 Å². The predicted molar refractivity (Wildman–Crippen MR) is 89.6 cm³/mol. The zero-order valence-electron chi connectivity index (χ0n) is 13.6. The number of benzene rings is 1. The Morgan fingerprint density at radius 2 is 1.76 bits per heavy atom. The molecule has 0 unspecified atom stereocenters. The third-order valence-electron chi connectivity index (χ3n) is 3.62. The second kappa shape index (κ2) is 6.16. The molecule has 0 fully saturated rings. The minimum absolute atomic E-state index is 0.434. The van der Waals surface area contributed by atoms with Crippen molar-refractivity contribution < 1.29 is 9.26 Å². The van der Waals surface area contributed by atoms with Gasteiger partial charge in [0.1, 0.15) is 5.82 Å². The summed E-state index contributed by atoms with van der Waals surface area (Å²) in [5.74, 6) is 2.83. The van der Waals surface area contributed by atoms with Crippen LogP contribution in [0, 0.1) is 6.92 Å². The number of methoxy groups -OCH3 is 1. The molecule has 8 heteroatoms. The zero-order chi connectivity index (χ0) is 17.2. The summed E-state index contributed by atoms with van der Waals surface area (Å²) in [6, 6.07) is 11.2. The van der Waals surface area contributed by atoms with Gasteiger partial charge in [0.25, 0.3) is 5.89 Å². The summed E-state index contributed by atoms with van der Waals surface area (Å²) in [7, 11) is 1.56. The molecule has 25 heavy (non-hydrogen) atoms. The van der Waals surface area contributed by atoms with E-state index in [1.807, 2.05) is 31.2 Å². The molecule has 4 rings (SSSR count). The molecule has 8 nitrogen and oxygen atoms in total. The van der Waals surface area contributed by atoms with Gasteiger partial charge in [-0.05, 0) is 25.1 Å². The van der Waals surface area contributed by atoms with Gasteiger partial charge >= 0.3 is 0 Å². The summed E-state index contributed by atoms with van der Waals surface area (Å²) in [6.07, 6.45) is 1.64. The Labute approximate surface area is 142 Å². The first-order valence-corrected chi connectivity index (χ1v) is 7.57. The number of hydrogen-bond donors (Lipinski definition) is 1. The first kappa shape index (κ1) is 15.0. The zero-order valence-corrected chi connectivity index (χ0v) is 13.6. The van der Waals surface area contributed by atoms with Gasteiger partial charge in [0.05, 0.1) is 7.11 Å². The van der Waals surface area contributed by atoms with Crippen LogP contribution < -0.4 is 4.74 Å². The quantitative estimate of drug-likeness (QED) is 0.612. The van der Waals surface area contributed by atoms with E-state index in [0.29, 0.717) is 23.4 Å². The molecule has 0 saturated heterocycles. The van der Waals surface area contributed by atoms with Crippen LogP contribution in [-0.4, -0.2) is 37.4 Å². The highest BCUT2D eigenvalue weighted by atomic mass is 16.5. The van der Waals surface area contributed by atoms with Crippen molar-refractivity contribution in [3.63, 3.8) is 0 Å². The molecule has 0 aliphatic rings. The van der Waals surface area contributed by atoms with E-state index in [-0.39, 0.29) is 0 Å². The molecule has 0 radical (unpaired) electrons. The van der Waals surface area contributed by atoms with E-state index in [1.165, 1.54) is 0 Å². The minimum atomic E-state index is 0.434. The van der Waals surface area contributed by atoms with Crippen LogP contribution in [0.3, 0.4) is 0 Å². The maximum atomic E-state index is 5.37. The van der Waals surface area contributed by atoms with Gasteiger partial charge in [-0.1, -0.05) is 17.3 Å². The molecule has 0 atom stereocenters. The van der Waals surface area contributed by atoms with E-state index in [9.17, 15) is 0 Å². The lowest BCUT2D eigenvalue weighted by molar-refractivity contribution is 0.398. The lowest BCUT2D eigenvalue weighted by atomic mass is 10.1. The maximum absolute atomic E-state index is 5.37. The largest absolute Gasteiger partial charge is 0.481 e. The van der Waals surface area contributed by atoms with Gasteiger partial charge in [-0.15, -0.1) is 0 Å². The highest BCUT2D eigenvalue weighted by Gasteiger charge is 2.12. The van der Waals surface area contributed by atoms with Gasteiger partial charge in [-0.25, -0.2) is 9.97 Å². The van der Waals surface area contributed by atoms with Crippen molar-refractivity contribution in [3.8, 4) is 40.1 Å². The third kappa shape index (κ3) is 2.97. The molecule has 4 aromatic rings. The number of rotatable bonds is 4. The van der Waals surface area contributed by atoms with Crippen LogP contribution in [0.15, 0.2) is 47.1 Å². The van der Waals surface area contributed by atoms with Crippen LogP contribution in [0.2, 0.25) is 0 Å². The van der Waals surface area contributed by atoms with Crippen molar-refractivity contribution in [1.29, 1.82) is 0 Å². The number of aromatic nitrogens is 6. The number of ether oxygens (including phenoxy) is 1. The summed E-state index contributed by atoms with van der Waals surface area (Å²) >= 11 is 0. The molecule has 0 aliphatic carbocycles. The predicted octanol–water partition coefficient (Wildman–Crippen LogP) is 2.90. The first-order valence-electron chi connectivity index (χ1n) is 7.57. The minimum Gasteiger partial charge on any atom is -0.481 e. The van der Waals surface area contributed by atoms with Crippen LogP contribution in [-0.2, 0) is 0 Å². The summed E-state index contributed by atoms with van der Waals surface area (Å²) < 4.78 is 10.5. The second-order valence-corrected chi connectivity index (χ2v) is 5.33. The molecule has 3 aromatic heterocycles. The summed E-state index contributed by atoms with van der Waals surface area (Å²) in [4.78, 5) is 12.8. The fourth-order valence-corrected chi connectivity index (χ4v) is 2.35. The lowest BCUT2D eigenvalue weighted by Crippen LogP contribution is -1.88. The molecule has 3 heterocycles. The van der Waals surface area contributed by atoms with Crippen molar-refractivity contribution in [2.75, 3.05) is 7.11 Å².